The van der Waals surface area contributed by atoms with Crippen LogP contribution in [0.4, 0.5) is 0 Å². The molecule has 1 N–H and O–H groups in total. The van der Waals surface area contributed by atoms with Crippen molar-refractivity contribution in [2.45, 2.75) is 26.7 Å². The van der Waals surface area contributed by atoms with Crippen LogP contribution in [0.15, 0.2) is 0 Å². The summed E-state index contributed by atoms with van der Waals surface area (Å²) in [6, 6.07) is 0. The third-order valence-electron chi connectivity index (χ3n) is 0.816. The van der Waals surface area contributed by atoms with Crippen LogP contribution in [0.3, 0.4) is 0 Å². The zero-order valence-corrected chi connectivity index (χ0v) is 6.35. The summed E-state index contributed by atoms with van der Waals surface area (Å²) in [5.41, 5.74) is 0. The first kappa shape index (κ1) is 8.02. The number of rotatable bonds is 3. The van der Waals surface area contributed by atoms with Gasteiger partial charge in [0.1, 0.15) is 0 Å². The number of hydrogen-bond acceptors (Lipinski definition) is 2. The smallest absolute Gasteiger partial charge is 0.0610 e. The molecule has 0 amide bonds. The predicted octanol–water partition coefficient (Wildman–Crippen LogP) is 2.52. The summed E-state index contributed by atoms with van der Waals surface area (Å²) in [7, 11) is 0. The molecule has 0 aromatic carbocycles. The minimum absolute atomic E-state index is 0.735. The average Bonchev–Trinajstić information content (AvgIpc) is 1.66. The van der Waals surface area contributed by atoms with Crippen LogP contribution in [0.2, 0.25) is 0 Å². The fraction of sp³-hybridized carbons (Fsp3) is 0.833. The number of thioether (sulfide) groups is 1. The van der Waals surface area contributed by atoms with Crippen molar-refractivity contribution in [2.24, 2.45) is 0 Å². The molecule has 8 heavy (non-hydrogen) atoms. The van der Waals surface area contributed by atoms with Crippen LogP contribution in [0.25, 0.3) is 0 Å². The second kappa shape index (κ2) is 5.16. The van der Waals surface area contributed by atoms with E-state index < -0.39 is 0 Å². The van der Waals surface area contributed by atoms with E-state index in [1.165, 1.54) is 12.8 Å². The van der Waals surface area contributed by atoms with Gasteiger partial charge in [0.15, 0.2) is 0 Å². The molecule has 2 heteroatoms. The summed E-state index contributed by atoms with van der Waals surface area (Å²) in [4.78, 5) is 0. The van der Waals surface area contributed by atoms with Gasteiger partial charge < -0.3 is 0 Å². The molecule has 0 radical (unpaired) electrons. The predicted molar refractivity (Wildman–Crippen MR) is 40.8 cm³/mol. The fourth-order valence-electron chi connectivity index (χ4n) is 0.370. The third-order valence-corrected chi connectivity index (χ3v) is 1.74. The molecule has 0 aliphatic rings. The quantitative estimate of drug-likeness (QED) is 0.355. The molecular weight excluding hydrogens is 118 g/mol. The molecule has 0 unspecified atom stereocenters. The number of hydrogen-bond donors (Lipinski definition) is 1. The van der Waals surface area contributed by atoms with Crippen LogP contribution >= 0.6 is 11.8 Å². The summed E-state index contributed by atoms with van der Waals surface area (Å²) in [5.74, 6) is 1.12. The summed E-state index contributed by atoms with van der Waals surface area (Å²) in [6.45, 7) is 4.00. The van der Waals surface area contributed by atoms with Gasteiger partial charge >= 0.3 is 0 Å². The maximum atomic E-state index is 7.04. The Morgan fingerprint density at radius 3 is 2.62 bits per heavy atom. The van der Waals surface area contributed by atoms with E-state index in [0.717, 1.165) is 10.8 Å². The highest BCUT2D eigenvalue weighted by atomic mass is 32.2. The van der Waals surface area contributed by atoms with Gasteiger partial charge in [0, 0.05) is 0 Å². The van der Waals surface area contributed by atoms with Gasteiger partial charge in [-0.3, -0.25) is 5.41 Å². The van der Waals surface area contributed by atoms with E-state index in [0.29, 0.717) is 0 Å². The summed E-state index contributed by atoms with van der Waals surface area (Å²) < 4.78 is 0. The molecule has 0 aromatic heterocycles. The van der Waals surface area contributed by atoms with Gasteiger partial charge in [-0.15, -0.1) is 11.8 Å². The Labute approximate surface area is 55.4 Å². The van der Waals surface area contributed by atoms with E-state index in [1.54, 1.807) is 11.8 Å². The zero-order valence-electron chi connectivity index (χ0n) is 5.53. The second-order valence-electron chi connectivity index (χ2n) is 1.76. The molecule has 0 atom stereocenters. The molecule has 48 valence electrons. The lowest BCUT2D eigenvalue weighted by Crippen LogP contribution is -1.82. The Hall–Kier alpha value is 0.0200. The third kappa shape index (κ3) is 6.02. The zero-order chi connectivity index (χ0) is 6.41. The molecule has 0 aromatic rings. The Morgan fingerprint density at radius 1 is 1.62 bits per heavy atom. The van der Waals surface area contributed by atoms with Gasteiger partial charge in [0.25, 0.3) is 0 Å². The van der Waals surface area contributed by atoms with Crippen molar-refractivity contribution >= 4 is 16.8 Å². The van der Waals surface area contributed by atoms with Crippen LogP contribution in [0.1, 0.15) is 26.7 Å². The Balaban J connectivity index is 2.82. The topological polar surface area (TPSA) is 23.9 Å². The first-order valence-corrected chi connectivity index (χ1v) is 3.94. The SMILES string of the molecule is CCCCSC(C)=N. The van der Waals surface area contributed by atoms with E-state index in [2.05, 4.69) is 6.92 Å². The molecule has 1 nitrogen and oxygen atoms in total. The Bertz CT molecular complexity index is 70.9. The Morgan fingerprint density at radius 2 is 2.25 bits per heavy atom. The van der Waals surface area contributed by atoms with Crippen molar-refractivity contribution in [2.75, 3.05) is 5.75 Å². The van der Waals surface area contributed by atoms with Crippen LogP contribution in [0, 0.1) is 5.41 Å². The average molecular weight is 131 g/mol. The molecule has 0 saturated carbocycles. The highest BCUT2D eigenvalue weighted by Gasteiger charge is 1.86. The first-order chi connectivity index (χ1) is 3.77. The minimum atomic E-state index is 0.735. The van der Waals surface area contributed by atoms with E-state index in [4.69, 9.17) is 5.41 Å². The summed E-state index contributed by atoms with van der Waals surface area (Å²) in [6.07, 6.45) is 2.47. The maximum absolute atomic E-state index is 7.04. The molecule has 0 rings (SSSR count). The van der Waals surface area contributed by atoms with Crippen molar-refractivity contribution in [3.63, 3.8) is 0 Å². The van der Waals surface area contributed by atoms with Crippen LogP contribution < -0.4 is 0 Å². The number of unbranched alkanes of at least 4 members (excludes halogenated alkanes) is 1. The fourth-order valence-corrected chi connectivity index (χ4v) is 1.11. The normalized spacial score (nSPS) is 9.25. The van der Waals surface area contributed by atoms with Crippen molar-refractivity contribution in [3.05, 3.63) is 0 Å². The Kier molecular flexibility index (Phi) is 5.18. The summed E-state index contributed by atoms with van der Waals surface area (Å²) in [5, 5.41) is 7.77. The minimum Gasteiger partial charge on any atom is -0.299 e. The highest BCUT2D eigenvalue weighted by Crippen LogP contribution is 2.04. The van der Waals surface area contributed by atoms with Gasteiger partial charge in [-0.25, -0.2) is 0 Å². The van der Waals surface area contributed by atoms with Gasteiger partial charge in [-0.05, 0) is 19.1 Å². The van der Waals surface area contributed by atoms with E-state index in [1.807, 2.05) is 6.92 Å². The summed E-state index contributed by atoms with van der Waals surface area (Å²) >= 11 is 1.64. The molecule has 0 saturated heterocycles. The standard InChI is InChI=1S/C6H13NS/c1-3-4-5-8-6(2)7/h7H,3-5H2,1-2H3. The largest absolute Gasteiger partial charge is 0.299 e. The lowest BCUT2D eigenvalue weighted by atomic mass is 10.4. The van der Waals surface area contributed by atoms with Crippen molar-refractivity contribution in [1.29, 1.82) is 5.41 Å². The van der Waals surface area contributed by atoms with E-state index in [9.17, 15) is 0 Å². The van der Waals surface area contributed by atoms with Crippen molar-refractivity contribution < 1.29 is 0 Å². The number of nitrogens with one attached hydrogen (secondary N) is 1. The van der Waals surface area contributed by atoms with Crippen LogP contribution in [0.5, 0.6) is 0 Å². The van der Waals surface area contributed by atoms with Crippen LogP contribution in [-0.2, 0) is 0 Å². The van der Waals surface area contributed by atoms with Gasteiger partial charge in [0.05, 0.1) is 5.04 Å². The molecule has 0 bridgehead atoms. The van der Waals surface area contributed by atoms with E-state index in [-0.39, 0.29) is 0 Å². The molecular formula is C6H13NS. The lowest BCUT2D eigenvalue weighted by Gasteiger charge is -1.93. The monoisotopic (exact) mass is 131 g/mol. The van der Waals surface area contributed by atoms with Crippen LogP contribution in [-0.4, -0.2) is 10.8 Å². The van der Waals surface area contributed by atoms with Gasteiger partial charge in [-0.1, -0.05) is 13.3 Å². The molecule has 0 spiro atoms. The highest BCUT2D eigenvalue weighted by molar-refractivity contribution is 8.13. The molecule has 0 fully saturated rings. The first-order valence-electron chi connectivity index (χ1n) is 2.95. The van der Waals surface area contributed by atoms with Gasteiger partial charge in [-0.2, -0.15) is 0 Å². The van der Waals surface area contributed by atoms with E-state index >= 15 is 0 Å². The maximum Gasteiger partial charge on any atom is 0.0610 e. The van der Waals surface area contributed by atoms with Crippen molar-refractivity contribution in [1.82, 2.24) is 0 Å². The second-order valence-corrected chi connectivity index (χ2v) is 3.07. The van der Waals surface area contributed by atoms with Gasteiger partial charge in [0.2, 0.25) is 0 Å². The van der Waals surface area contributed by atoms with Crippen molar-refractivity contribution in [3.8, 4) is 0 Å². The molecule has 0 heterocycles. The molecule has 0 aliphatic heterocycles. The molecule has 0 aliphatic carbocycles. The lowest BCUT2D eigenvalue weighted by molar-refractivity contribution is 0.898.